The Morgan fingerprint density at radius 2 is 2.00 bits per heavy atom. The Morgan fingerprint density at radius 3 is 2.56 bits per heavy atom. The molecule has 1 heterocycles. The van der Waals surface area contributed by atoms with Gasteiger partial charge in [0.1, 0.15) is 0 Å². The van der Waals surface area contributed by atoms with Crippen molar-refractivity contribution in [1.29, 1.82) is 0 Å². The zero-order chi connectivity index (χ0) is 10.8. The second kappa shape index (κ2) is 5.87. The van der Waals surface area contributed by atoms with Gasteiger partial charge in [-0.25, -0.2) is 0 Å². The van der Waals surface area contributed by atoms with E-state index in [4.69, 9.17) is 0 Å². The highest BCUT2D eigenvalue weighted by Gasteiger charge is 2.30. The summed E-state index contributed by atoms with van der Waals surface area (Å²) in [4.78, 5) is 11.7. The molecule has 3 atom stereocenters. The predicted molar refractivity (Wildman–Crippen MR) is 67.8 cm³/mol. The van der Waals surface area contributed by atoms with Crippen molar-refractivity contribution in [3.63, 3.8) is 0 Å². The molecule has 1 saturated heterocycles. The van der Waals surface area contributed by atoms with Gasteiger partial charge in [-0.2, -0.15) is 0 Å². The van der Waals surface area contributed by atoms with Gasteiger partial charge in [-0.05, 0) is 44.6 Å². The number of nitrogens with one attached hydrogen (secondary N) is 2. The molecule has 1 aliphatic carbocycles. The Kier molecular flexibility index (Phi) is 5.06. The van der Waals surface area contributed by atoms with Crippen LogP contribution < -0.4 is 10.6 Å². The molecule has 3 nitrogen and oxygen atoms in total. The molecule has 0 bridgehead atoms. The van der Waals surface area contributed by atoms with E-state index in [1.807, 2.05) is 0 Å². The van der Waals surface area contributed by atoms with E-state index in [9.17, 15) is 4.79 Å². The minimum absolute atomic E-state index is 0. The maximum absolute atomic E-state index is 11.7. The topological polar surface area (TPSA) is 41.1 Å². The van der Waals surface area contributed by atoms with Crippen LogP contribution in [0.3, 0.4) is 0 Å². The monoisotopic (exact) mass is 246 g/mol. The van der Waals surface area contributed by atoms with E-state index in [2.05, 4.69) is 24.5 Å². The second-order valence-electron chi connectivity index (χ2n) is 5.25. The molecule has 2 fully saturated rings. The number of rotatable bonds is 3. The van der Waals surface area contributed by atoms with Gasteiger partial charge in [0.05, 0.1) is 0 Å². The lowest BCUT2D eigenvalue weighted by Gasteiger charge is -2.36. The van der Waals surface area contributed by atoms with Gasteiger partial charge in [0, 0.05) is 18.5 Å². The first-order valence-electron chi connectivity index (χ1n) is 6.19. The zero-order valence-corrected chi connectivity index (χ0v) is 11.0. The van der Waals surface area contributed by atoms with E-state index in [1.165, 1.54) is 19.3 Å². The van der Waals surface area contributed by atoms with E-state index in [1.54, 1.807) is 0 Å². The molecule has 4 heteroatoms. The van der Waals surface area contributed by atoms with Crippen LogP contribution >= 0.6 is 12.4 Å². The van der Waals surface area contributed by atoms with Crippen molar-refractivity contribution in [3.8, 4) is 0 Å². The summed E-state index contributed by atoms with van der Waals surface area (Å²) in [7, 11) is 0. The zero-order valence-electron chi connectivity index (χ0n) is 10.2. The van der Waals surface area contributed by atoms with E-state index in [0.717, 1.165) is 13.0 Å². The molecule has 3 unspecified atom stereocenters. The molecule has 1 amide bonds. The molecule has 1 aliphatic heterocycles. The molecule has 0 aromatic heterocycles. The lowest BCUT2D eigenvalue weighted by atomic mass is 9.89. The maximum atomic E-state index is 11.7. The number of halogens is 1. The van der Waals surface area contributed by atoms with Crippen LogP contribution in [0.4, 0.5) is 0 Å². The first kappa shape index (κ1) is 13.8. The van der Waals surface area contributed by atoms with Gasteiger partial charge in [-0.1, -0.05) is 6.92 Å². The first-order valence-corrected chi connectivity index (χ1v) is 6.19. The minimum Gasteiger partial charge on any atom is -0.352 e. The molecule has 0 aromatic carbocycles. The van der Waals surface area contributed by atoms with Crippen LogP contribution in [0.25, 0.3) is 0 Å². The maximum Gasteiger partial charge on any atom is 0.220 e. The summed E-state index contributed by atoms with van der Waals surface area (Å²) in [5, 5.41) is 6.61. The fourth-order valence-corrected chi connectivity index (χ4v) is 2.43. The van der Waals surface area contributed by atoms with Crippen molar-refractivity contribution < 1.29 is 4.79 Å². The van der Waals surface area contributed by atoms with Crippen molar-refractivity contribution >= 4 is 18.3 Å². The Labute approximate surface area is 104 Å². The molecular weight excluding hydrogens is 224 g/mol. The minimum atomic E-state index is 0. The van der Waals surface area contributed by atoms with Crippen molar-refractivity contribution in [2.24, 2.45) is 11.8 Å². The summed E-state index contributed by atoms with van der Waals surface area (Å²) < 4.78 is 0. The van der Waals surface area contributed by atoms with Crippen molar-refractivity contribution in [2.45, 2.75) is 51.6 Å². The molecule has 0 spiro atoms. The van der Waals surface area contributed by atoms with Crippen molar-refractivity contribution in [1.82, 2.24) is 10.6 Å². The Balaban J connectivity index is 0.00000128. The van der Waals surface area contributed by atoms with Crippen LogP contribution in [0.5, 0.6) is 0 Å². The SMILES string of the molecule is CC1CCNC(C)C1NC(=O)CC1CC1.Cl. The molecule has 0 aromatic rings. The van der Waals surface area contributed by atoms with Gasteiger partial charge >= 0.3 is 0 Å². The van der Waals surface area contributed by atoms with Gasteiger partial charge in [-0.3, -0.25) is 4.79 Å². The summed E-state index contributed by atoms with van der Waals surface area (Å²) in [6.45, 7) is 5.48. The smallest absolute Gasteiger partial charge is 0.220 e. The summed E-state index contributed by atoms with van der Waals surface area (Å²) in [6.07, 6.45) is 4.41. The van der Waals surface area contributed by atoms with E-state index in [0.29, 0.717) is 23.9 Å². The number of piperidine rings is 1. The average Bonchev–Trinajstić information content (AvgIpc) is 2.95. The summed E-state index contributed by atoms with van der Waals surface area (Å²) in [5.41, 5.74) is 0. The van der Waals surface area contributed by atoms with Crippen LogP contribution in [0.15, 0.2) is 0 Å². The van der Waals surface area contributed by atoms with Crippen LogP contribution in [-0.2, 0) is 4.79 Å². The van der Waals surface area contributed by atoms with Gasteiger partial charge in [0.25, 0.3) is 0 Å². The molecule has 94 valence electrons. The van der Waals surface area contributed by atoms with Crippen LogP contribution in [0.1, 0.15) is 39.5 Å². The highest BCUT2D eigenvalue weighted by atomic mass is 35.5. The molecule has 0 radical (unpaired) electrons. The van der Waals surface area contributed by atoms with Crippen molar-refractivity contribution in [2.75, 3.05) is 6.54 Å². The molecule has 2 aliphatic rings. The van der Waals surface area contributed by atoms with E-state index in [-0.39, 0.29) is 18.3 Å². The molecule has 1 saturated carbocycles. The predicted octanol–water partition coefficient (Wildman–Crippen LogP) is 1.71. The quantitative estimate of drug-likeness (QED) is 0.796. The van der Waals surface area contributed by atoms with Gasteiger partial charge in [0.2, 0.25) is 5.91 Å². The molecular formula is C12H23ClN2O. The van der Waals surface area contributed by atoms with E-state index < -0.39 is 0 Å². The van der Waals surface area contributed by atoms with Crippen molar-refractivity contribution in [3.05, 3.63) is 0 Å². The molecule has 2 rings (SSSR count). The Bertz CT molecular complexity index is 233. The number of amides is 1. The van der Waals surface area contributed by atoms with Gasteiger partial charge < -0.3 is 10.6 Å². The standard InChI is InChI=1S/C12H22N2O.ClH/c1-8-5-6-13-9(2)12(8)14-11(15)7-10-3-4-10;/h8-10,12-13H,3-7H2,1-2H3,(H,14,15);1H. The number of carbonyl (C=O) groups excluding carboxylic acids is 1. The number of hydrogen-bond donors (Lipinski definition) is 2. The fraction of sp³-hybridized carbons (Fsp3) is 0.917. The highest BCUT2D eigenvalue weighted by molar-refractivity contribution is 5.85. The third-order valence-corrected chi connectivity index (χ3v) is 3.72. The second-order valence-corrected chi connectivity index (χ2v) is 5.25. The van der Waals surface area contributed by atoms with Crippen LogP contribution in [0, 0.1) is 11.8 Å². The fourth-order valence-electron chi connectivity index (χ4n) is 2.43. The van der Waals surface area contributed by atoms with Gasteiger partial charge in [0.15, 0.2) is 0 Å². The largest absolute Gasteiger partial charge is 0.352 e. The third-order valence-electron chi connectivity index (χ3n) is 3.72. The normalized spacial score (nSPS) is 34.0. The molecule has 2 N–H and O–H groups in total. The summed E-state index contributed by atoms with van der Waals surface area (Å²) in [5.74, 6) is 1.54. The van der Waals surface area contributed by atoms with Crippen LogP contribution in [0.2, 0.25) is 0 Å². The number of hydrogen-bond acceptors (Lipinski definition) is 2. The Morgan fingerprint density at radius 1 is 1.31 bits per heavy atom. The lowest BCUT2D eigenvalue weighted by molar-refractivity contribution is -0.122. The molecule has 16 heavy (non-hydrogen) atoms. The highest BCUT2D eigenvalue weighted by Crippen LogP contribution is 2.32. The number of carbonyl (C=O) groups is 1. The van der Waals surface area contributed by atoms with E-state index >= 15 is 0 Å². The average molecular weight is 247 g/mol. The van der Waals surface area contributed by atoms with Crippen LogP contribution in [-0.4, -0.2) is 24.5 Å². The Hall–Kier alpha value is -0.280. The third kappa shape index (κ3) is 3.63. The first-order chi connectivity index (χ1) is 7.16. The van der Waals surface area contributed by atoms with Gasteiger partial charge in [-0.15, -0.1) is 12.4 Å². The summed E-state index contributed by atoms with van der Waals surface area (Å²) in [6, 6.07) is 0.738. The summed E-state index contributed by atoms with van der Waals surface area (Å²) >= 11 is 0. The lowest BCUT2D eigenvalue weighted by Crippen LogP contribution is -2.55.